The number of benzene rings is 1. The highest BCUT2D eigenvalue weighted by Gasteiger charge is 2.05. The van der Waals surface area contributed by atoms with Crippen LogP contribution in [0.25, 0.3) is 0 Å². The van der Waals surface area contributed by atoms with E-state index in [4.69, 9.17) is 17.7 Å². The molecular weight excluding hydrogens is 292 g/mol. The van der Waals surface area contributed by atoms with E-state index < -0.39 is 9.33 Å². The van der Waals surface area contributed by atoms with E-state index in [9.17, 15) is 4.79 Å². The zero-order valence-corrected chi connectivity index (χ0v) is 12.4. The molecule has 0 radical (unpaired) electrons. The maximum atomic E-state index is 11.4. The molecule has 19 heavy (non-hydrogen) atoms. The molecule has 0 heterocycles. The second-order valence-corrected chi connectivity index (χ2v) is 5.60. The average molecular weight is 309 g/mol. The highest BCUT2D eigenvalue weighted by atomic mass is 35.7. The highest BCUT2D eigenvalue weighted by Crippen LogP contribution is 2.07. The minimum Gasteiger partial charge on any atom is -0.462 e. The number of rotatable bonds is 4. The number of halogens is 1. The monoisotopic (exact) mass is 308 g/mol. The van der Waals surface area contributed by atoms with Gasteiger partial charge in [0, 0.05) is 10.7 Å². The van der Waals surface area contributed by atoms with Crippen LogP contribution in [0.3, 0.4) is 0 Å². The van der Waals surface area contributed by atoms with Crippen molar-refractivity contribution in [3.63, 3.8) is 0 Å². The summed E-state index contributed by atoms with van der Waals surface area (Å²) < 4.78 is 30.2. The number of ether oxygens (including phenoxy) is 1. The lowest BCUT2D eigenvalue weighted by molar-refractivity contribution is 0.0505. The Morgan fingerprint density at radius 1 is 1.37 bits per heavy atom. The van der Waals surface area contributed by atoms with Crippen LogP contribution in [0.1, 0.15) is 36.2 Å². The minimum absolute atomic E-state index is 0.220. The van der Waals surface area contributed by atoms with Crippen molar-refractivity contribution in [2.75, 3.05) is 6.61 Å². The molecule has 0 aliphatic carbocycles. The van der Waals surface area contributed by atoms with Gasteiger partial charge in [0.05, 0.1) is 12.2 Å². The van der Waals surface area contributed by atoms with Gasteiger partial charge in [0.2, 0.25) is 0 Å². The first kappa shape index (κ1) is 17.9. The van der Waals surface area contributed by atoms with Gasteiger partial charge in [0.1, 0.15) is 0 Å². The number of carbonyl (C=O) groups is 1. The highest BCUT2D eigenvalue weighted by molar-refractivity contribution is 8.09. The molecule has 0 fully saturated rings. The van der Waals surface area contributed by atoms with Gasteiger partial charge < -0.3 is 4.74 Å². The molecule has 7 heteroatoms. The lowest BCUT2D eigenvalue weighted by Crippen LogP contribution is -2.06. The first-order chi connectivity index (χ1) is 8.77. The Hall–Kier alpha value is -1.11. The van der Waals surface area contributed by atoms with Crippen molar-refractivity contribution in [3.05, 3.63) is 35.4 Å². The van der Waals surface area contributed by atoms with Gasteiger partial charge in [0.25, 0.3) is 0 Å². The van der Waals surface area contributed by atoms with E-state index in [-0.39, 0.29) is 5.97 Å². The van der Waals surface area contributed by atoms with Crippen LogP contribution in [0.2, 0.25) is 0 Å². The standard InChI is InChI=1S/C12H16O2.ClHO3S/c1-3-8-14-12(13)11-7-5-6-10(4-2)9-11;1-5(2,3)4/h5-7,9H,3-4,8H2,1-2H3;(H,2,3,4). The van der Waals surface area contributed by atoms with Gasteiger partial charge >= 0.3 is 15.3 Å². The van der Waals surface area contributed by atoms with Crippen molar-refractivity contribution in [2.24, 2.45) is 0 Å². The van der Waals surface area contributed by atoms with Gasteiger partial charge in [-0.2, -0.15) is 8.42 Å². The Balaban J connectivity index is 0.000000555. The Labute approximate surface area is 117 Å². The van der Waals surface area contributed by atoms with Crippen LogP contribution in [0, 0.1) is 0 Å². The van der Waals surface area contributed by atoms with E-state index in [1.807, 2.05) is 25.1 Å². The molecule has 1 N–H and O–H groups in total. The first-order valence-electron chi connectivity index (χ1n) is 5.71. The maximum Gasteiger partial charge on any atom is 0.353 e. The van der Waals surface area contributed by atoms with Crippen LogP contribution in [-0.4, -0.2) is 25.5 Å². The molecule has 0 unspecified atom stereocenters. The summed E-state index contributed by atoms with van der Waals surface area (Å²) in [7, 11) is -0.137. The van der Waals surface area contributed by atoms with E-state index >= 15 is 0 Å². The summed E-state index contributed by atoms with van der Waals surface area (Å²) in [6, 6.07) is 7.58. The zero-order chi connectivity index (χ0) is 14.9. The van der Waals surface area contributed by atoms with Gasteiger partial charge in [-0.15, -0.1) is 0 Å². The predicted molar refractivity (Wildman–Crippen MR) is 73.8 cm³/mol. The molecule has 0 aliphatic heterocycles. The van der Waals surface area contributed by atoms with Crippen LogP contribution >= 0.6 is 10.7 Å². The molecular formula is C12H17ClO5S. The summed E-state index contributed by atoms with van der Waals surface area (Å²) in [6.07, 6.45) is 1.80. The van der Waals surface area contributed by atoms with Gasteiger partial charge in [-0.1, -0.05) is 26.0 Å². The van der Waals surface area contributed by atoms with Crippen molar-refractivity contribution in [1.82, 2.24) is 0 Å². The fourth-order valence-corrected chi connectivity index (χ4v) is 1.20. The first-order valence-corrected chi connectivity index (χ1v) is 7.97. The van der Waals surface area contributed by atoms with Gasteiger partial charge in [-0.3, -0.25) is 4.55 Å². The largest absolute Gasteiger partial charge is 0.462 e. The van der Waals surface area contributed by atoms with Gasteiger partial charge in [-0.05, 0) is 30.5 Å². The number of carbonyl (C=O) groups excluding carboxylic acids is 1. The smallest absolute Gasteiger partial charge is 0.353 e. The van der Waals surface area contributed by atoms with Crippen molar-refractivity contribution in [3.8, 4) is 0 Å². The maximum absolute atomic E-state index is 11.4. The SMILES string of the molecule is CCCOC(=O)c1cccc(CC)c1.O=S(=O)(O)Cl. The molecule has 1 aromatic carbocycles. The third kappa shape index (κ3) is 10.5. The molecule has 0 bridgehead atoms. The number of esters is 1. The average Bonchev–Trinajstić information content (AvgIpc) is 2.34. The minimum atomic E-state index is -4.19. The molecule has 108 valence electrons. The number of hydrogen-bond donors (Lipinski definition) is 1. The number of aryl methyl sites for hydroxylation is 1. The van der Waals surface area contributed by atoms with Crippen LogP contribution in [0.15, 0.2) is 24.3 Å². The summed E-state index contributed by atoms with van der Waals surface area (Å²) in [5, 5.41) is 0. The molecule has 0 aromatic heterocycles. The van der Waals surface area contributed by atoms with Crippen molar-refractivity contribution in [1.29, 1.82) is 0 Å². The third-order valence-electron chi connectivity index (χ3n) is 2.01. The molecule has 1 rings (SSSR count). The molecule has 0 aliphatic rings. The van der Waals surface area contributed by atoms with Crippen LogP contribution < -0.4 is 0 Å². The van der Waals surface area contributed by atoms with Crippen LogP contribution in [-0.2, 0) is 20.5 Å². The topological polar surface area (TPSA) is 80.7 Å². The Morgan fingerprint density at radius 3 is 2.42 bits per heavy atom. The Bertz CT molecular complexity index is 491. The molecule has 0 saturated heterocycles. The Morgan fingerprint density at radius 2 is 1.95 bits per heavy atom. The fraction of sp³-hybridized carbons (Fsp3) is 0.417. The van der Waals surface area contributed by atoms with Crippen molar-refractivity contribution in [2.45, 2.75) is 26.7 Å². The molecule has 1 aromatic rings. The fourth-order valence-electron chi connectivity index (χ4n) is 1.20. The van der Waals surface area contributed by atoms with Crippen molar-refractivity contribution >= 4 is 26.0 Å². The van der Waals surface area contributed by atoms with E-state index in [0.717, 1.165) is 18.4 Å². The van der Waals surface area contributed by atoms with Crippen LogP contribution in [0.4, 0.5) is 0 Å². The lowest BCUT2D eigenvalue weighted by Gasteiger charge is -2.04. The van der Waals surface area contributed by atoms with E-state index in [0.29, 0.717) is 12.2 Å². The summed E-state index contributed by atoms with van der Waals surface area (Å²) in [5.74, 6) is -0.220. The summed E-state index contributed by atoms with van der Waals surface area (Å²) in [4.78, 5) is 11.4. The molecule has 0 amide bonds. The lowest BCUT2D eigenvalue weighted by atomic mass is 10.1. The third-order valence-corrected chi connectivity index (χ3v) is 2.01. The van der Waals surface area contributed by atoms with Gasteiger partial charge in [-0.25, -0.2) is 4.79 Å². The predicted octanol–water partition coefficient (Wildman–Crippen LogP) is 2.84. The molecule has 0 spiro atoms. The second kappa shape index (κ2) is 8.90. The van der Waals surface area contributed by atoms with E-state index in [1.54, 1.807) is 6.07 Å². The normalized spacial score (nSPS) is 10.3. The van der Waals surface area contributed by atoms with Crippen LogP contribution in [0.5, 0.6) is 0 Å². The molecule has 0 atom stereocenters. The molecule has 0 saturated carbocycles. The van der Waals surface area contributed by atoms with Gasteiger partial charge in [0.15, 0.2) is 0 Å². The van der Waals surface area contributed by atoms with E-state index in [1.165, 1.54) is 0 Å². The zero-order valence-electron chi connectivity index (χ0n) is 10.8. The quantitative estimate of drug-likeness (QED) is 0.525. The second-order valence-electron chi connectivity index (χ2n) is 3.60. The summed E-state index contributed by atoms with van der Waals surface area (Å²) >= 11 is 0. The number of hydrogen-bond acceptors (Lipinski definition) is 4. The van der Waals surface area contributed by atoms with Crippen molar-refractivity contribution < 1.29 is 22.5 Å². The van der Waals surface area contributed by atoms with E-state index in [2.05, 4.69) is 17.6 Å². The summed E-state index contributed by atoms with van der Waals surface area (Å²) in [6.45, 7) is 4.54. The summed E-state index contributed by atoms with van der Waals surface area (Å²) in [5.41, 5.74) is 1.81. The Kier molecular flexibility index (Phi) is 8.38. The molecule has 5 nitrogen and oxygen atoms in total.